The van der Waals surface area contributed by atoms with Crippen LogP contribution in [-0.2, 0) is 9.53 Å². The predicted molar refractivity (Wildman–Crippen MR) is 60.5 cm³/mol. The Morgan fingerprint density at radius 2 is 2.19 bits per heavy atom. The van der Waals surface area contributed by atoms with Gasteiger partial charge in [-0.2, -0.15) is 0 Å². The summed E-state index contributed by atoms with van der Waals surface area (Å²) in [5, 5.41) is 0. The molecule has 0 saturated carbocycles. The van der Waals surface area contributed by atoms with Gasteiger partial charge in [-0.1, -0.05) is 19.1 Å². The number of nitrogen functional groups attached to an aromatic ring is 1. The van der Waals surface area contributed by atoms with Crippen molar-refractivity contribution < 1.29 is 13.9 Å². The van der Waals surface area contributed by atoms with E-state index in [1.807, 2.05) is 6.92 Å². The highest BCUT2D eigenvalue weighted by atomic mass is 19.1. The number of carbonyl (C=O) groups excluding carboxylic acids is 1. The molecule has 0 heterocycles. The number of hydrogen-bond acceptors (Lipinski definition) is 3. The summed E-state index contributed by atoms with van der Waals surface area (Å²) in [6.07, 6.45) is 0.534. The van der Waals surface area contributed by atoms with E-state index in [1.54, 1.807) is 19.1 Å². The van der Waals surface area contributed by atoms with Gasteiger partial charge in [-0.15, -0.1) is 0 Å². The SMILES string of the molecule is CCOC(=O)C(CC)c1cccc(F)c1N. The summed E-state index contributed by atoms with van der Waals surface area (Å²) >= 11 is 0. The van der Waals surface area contributed by atoms with Gasteiger partial charge in [0.1, 0.15) is 5.82 Å². The molecule has 1 rings (SSSR count). The largest absolute Gasteiger partial charge is 0.466 e. The second-order valence-electron chi connectivity index (χ2n) is 3.46. The first-order valence-corrected chi connectivity index (χ1v) is 5.32. The summed E-state index contributed by atoms with van der Waals surface area (Å²) < 4.78 is 18.2. The quantitative estimate of drug-likeness (QED) is 0.632. The fourth-order valence-electron chi connectivity index (χ4n) is 1.61. The van der Waals surface area contributed by atoms with Crippen LogP contribution in [0.2, 0.25) is 0 Å². The van der Waals surface area contributed by atoms with Crippen LogP contribution < -0.4 is 5.73 Å². The molecule has 0 radical (unpaired) electrons. The molecule has 0 aliphatic rings. The number of nitrogens with two attached hydrogens (primary N) is 1. The molecule has 0 aliphatic carbocycles. The van der Waals surface area contributed by atoms with E-state index in [2.05, 4.69) is 0 Å². The molecule has 16 heavy (non-hydrogen) atoms. The van der Waals surface area contributed by atoms with Gasteiger partial charge in [0.05, 0.1) is 18.2 Å². The summed E-state index contributed by atoms with van der Waals surface area (Å²) in [5.74, 6) is -1.35. The summed E-state index contributed by atoms with van der Waals surface area (Å²) in [6, 6.07) is 4.48. The molecule has 3 nitrogen and oxygen atoms in total. The number of anilines is 1. The molecular formula is C12H16FNO2. The number of carbonyl (C=O) groups is 1. The van der Waals surface area contributed by atoms with E-state index in [-0.39, 0.29) is 11.7 Å². The molecule has 0 spiro atoms. The minimum absolute atomic E-state index is 0.0300. The monoisotopic (exact) mass is 225 g/mol. The van der Waals surface area contributed by atoms with E-state index < -0.39 is 11.7 Å². The van der Waals surface area contributed by atoms with Gasteiger partial charge in [-0.3, -0.25) is 4.79 Å². The van der Waals surface area contributed by atoms with Gasteiger partial charge in [-0.05, 0) is 25.0 Å². The van der Waals surface area contributed by atoms with Gasteiger partial charge in [0.25, 0.3) is 0 Å². The van der Waals surface area contributed by atoms with Crippen LogP contribution in [0.5, 0.6) is 0 Å². The zero-order valence-corrected chi connectivity index (χ0v) is 9.50. The first-order chi connectivity index (χ1) is 7.61. The van der Waals surface area contributed by atoms with Crippen LogP contribution in [-0.4, -0.2) is 12.6 Å². The minimum Gasteiger partial charge on any atom is -0.466 e. The van der Waals surface area contributed by atoms with Gasteiger partial charge in [-0.25, -0.2) is 4.39 Å². The maximum atomic E-state index is 13.2. The lowest BCUT2D eigenvalue weighted by Crippen LogP contribution is -2.17. The van der Waals surface area contributed by atoms with Crippen molar-refractivity contribution in [1.29, 1.82) is 0 Å². The van der Waals surface area contributed by atoms with Gasteiger partial charge < -0.3 is 10.5 Å². The van der Waals surface area contributed by atoms with Crippen LogP contribution in [0.3, 0.4) is 0 Å². The average Bonchev–Trinajstić information content (AvgIpc) is 2.25. The van der Waals surface area contributed by atoms with Gasteiger partial charge in [0.2, 0.25) is 0 Å². The van der Waals surface area contributed by atoms with Crippen molar-refractivity contribution in [3.63, 3.8) is 0 Å². The second kappa shape index (κ2) is 5.49. The molecule has 0 bridgehead atoms. The molecule has 0 amide bonds. The Labute approximate surface area is 94.4 Å². The normalized spacial score (nSPS) is 12.2. The predicted octanol–water partition coefficient (Wildman–Crippen LogP) is 2.46. The van der Waals surface area contributed by atoms with Crippen molar-refractivity contribution in [3.8, 4) is 0 Å². The first kappa shape index (κ1) is 12.5. The Kier molecular flexibility index (Phi) is 4.28. The highest BCUT2D eigenvalue weighted by Crippen LogP contribution is 2.28. The summed E-state index contributed by atoms with van der Waals surface area (Å²) in [6.45, 7) is 3.88. The first-order valence-electron chi connectivity index (χ1n) is 5.32. The topological polar surface area (TPSA) is 52.3 Å². The zero-order chi connectivity index (χ0) is 12.1. The minimum atomic E-state index is -0.500. The Morgan fingerprint density at radius 1 is 1.50 bits per heavy atom. The van der Waals surface area contributed by atoms with E-state index in [9.17, 15) is 9.18 Å². The molecule has 0 fully saturated rings. The molecule has 1 aromatic carbocycles. The smallest absolute Gasteiger partial charge is 0.313 e. The summed E-state index contributed by atoms with van der Waals surface area (Å²) in [4.78, 5) is 11.6. The van der Waals surface area contributed by atoms with Crippen LogP contribution in [0, 0.1) is 5.82 Å². The Balaban J connectivity index is 3.04. The molecule has 1 atom stereocenters. The average molecular weight is 225 g/mol. The van der Waals surface area contributed by atoms with E-state index in [0.717, 1.165) is 0 Å². The maximum absolute atomic E-state index is 13.2. The molecule has 1 unspecified atom stereocenters. The number of halogens is 1. The fraction of sp³-hybridized carbons (Fsp3) is 0.417. The molecule has 0 aromatic heterocycles. The Hall–Kier alpha value is -1.58. The lowest BCUT2D eigenvalue weighted by atomic mass is 9.95. The number of hydrogen-bond donors (Lipinski definition) is 1. The van der Waals surface area contributed by atoms with Crippen LogP contribution in [0.25, 0.3) is 0 Å². The zero-order valence-electron chi connectivity index (χ0n) is 9.50. The number of ether oxygens (including phenoxy) is 1. The highest BCUT2D eigenvalue weighted by molar-refractivity contribution is 5.80. The number of esters is 1. The Morgan fingerprint density at radius 3 is 2.75 bits per heavy atom. The second-order valence-corrected chi connectivity index (χ2v) is 3.46. The third-order valence-corrected chi connectivity index (χ3v) is 2.44. The molecule has 2 N–H and O–H groups in total. The maximum Gasteiger partial charge on any atom is 0.313 e. The van der Waals surface area contributed by atoms with Gasteiger partial charge in [0, 0.05) is 0 Å². The molecular weight excluding hydrogens is 209 g/mol. The Bertz CT molecular complexity index is 379. The van der Waals surface area contributed by atoms with Gasteiger partial charge in [0.15, 0.2) is 0 Å². The lowest BCUT2D eigenvalue weighted by molar-refractivity contribution is -0.145. The van der Waals surface area contributed by atoms with Crippen molar-refractivity contribution in [1.82, 2.24) is 0 Å². The molecule has 0 aliphatic heterocycles. The van der Waals surface area contributed by atoms with Crippen molar-refractivity contribution >= 4 is 11.7 Å². The van der Waals surface area contributed by atoms with E-state index in [1.165, 1.54) is 6.07 Å². The lowest BCUT2D eigenvalue weighted by Gasteiger charge is -2.16. The van der Waals surface area contributed by atoms with Crippen molar-refractivity contribution in [2.75, 3.05) is 12.3 Å². The molecule has 4 heteroatoms. The van der Waals surface area contributed by atoms with Crippen LogP contribution in [0.15, 0.2) is 18.2 Å². The molecule has 1 aromatic rings. The van der Waals surface area contributed by atoms with Crippen LogP contribution in [0.1, 0.15) is 31.7 Å². The summed E-state index contributed by atoms with van der Waals surface area (Å²) in [7, 11) is 0. The van der Waals surface area contributed by atoms with Gasteiger partial charge >= 0.3 is 5.97 Å². The van der Waals surface area contributed by atoms with E-state index in [4.69, 9.17) is 10.5 Å². The van der Waals surface area contributed by atoms with Crippen LogP contribution in [0.4, 0.5) is 10.1 Å². The number of benzene rings is 1. The fourth-order valence-corrected chi connectivity index (χ4v) is 1.61. The van der Waals surface area contributed by atoms with Crippen molar-refractivity contribution in [3.05, 3.63) is 29.6 Å². The van der Waals surface area contributed by atoms with E-state index in [0.29, 0.717) is 18.6 Å². The molecule has 0 saturated heterocycles. The van der Waals surface area contributed by atoms with Crippen molar-refractivity contribution in [2.24, 2.45) is 0 Å². The number of para-hydroxylation sites is 1. The highest BCUT2D eigenvalue weighted by Gasteiger charge is 2.23. The van der Waals surface area contributed by atoms with Crippen LogP contribution >= 0.6 is 0 Å². The third kappa shape index (κ3) is 2.51. The van der Waals surface area contributed by atoms with Crippen molar-refractivity contribution in [2.45, 2.75) is 26.2 Å². The molecule has 88 valence electrons. The standard InChI is InChI=1S/C12H16FNO2/c1-3-8(12(15)16-4-2)9-6-5-7-10(13)11(9)14/h5-8H,3-4,14H2,1-2H3. The third-order valence-electron chi connectivity index (χ3n) is 2.44. The summed E-state index contributed by atoms with van der Waals surface area (Å²) in [5.41, 5.74) is 6.14. The number of rotatable bonds is 4. The van der Waals surface area contributed by atoms with E-state index >= 15 is 0 Å².